The van der Waals surface area contributed by atoms with Gasteiger partial charge in [0, 0.05) is 18.2 Å². The van der Waals surface area contributed by atoms with Crippen LogP contribution in [0.5, 0.6) is 17.4 Å². The monoisotopic (exact) mass is 440 g/mol. The summed E-state index contributed by atoms with van der Waals surface area (Å²) in [5, 5.41) is 17.1. The third-order valence-electron chi connectivity index (χ3n) is 4.48. The highest BCUT2D eigenvalue weighted by molar-refractivity contribution is 5.64. The van der Waals surface area contributed by atoms with Gasteiger partial charge >= 0.3 is 0 Å². The number of hydrogen-bond acceptors (Lipinski definition) is 7. The van der Waals surface area contributed by atoms with E-state index in [1.54, 1.807) is 11.8 Å². The first-order valence-corrected chi connectivity index (χ1v) is 10.2. The van der Waals surface area contributed by atoms with Gasteiger partial charge in [-0.25, -0.2) is 4.68 Å². The van der Waals surface area contributed by atoms with E-state index in [2.05, 4.69) is 10.4 Å². The number of amides is 1. The zero-order chi connectivity index (χ0) is 22.8. The summed E-state index contributed by atoms with van der Waals surface area (Å²) >= 11 is 0. The van der Waals surface area contributed by atoms with E-state index >= 15 is 0 Å². The van der Waals surface area contributed by atoms with Crippen molar-refractivity contribution in [1.82, 2.24) is 15.1 Å². The number of carboxylic acid groups (broad SMARTS) is 1. The lowest BCUT2D eigenvalue weighted by Gasteiger charge is -2.10. The number of hydrogen-bond donors (Lipinski definition) is 1. The topological polar surface area (TPSA) is 107 Å². The number of rotatable bonds is 12. The van der Waals surface area contributed by atoms with Crippen molar-refractivity contribution < 1.29 is 28.8 Å². The summed E-state index contributed by atoms with van der Waals surface area (Å²) in [6, 6.07) is 16.9. The van der Waals surface area contributed by atoms with Crippen molar-refractivity contribution in [3.05, 3.63) is 54.6 Å². The van der Waals surface area contributed by atoms with E-state index in [0.717, 1.165) is 22.7 Å². The first-order valence-electron chi connectivity index (χ1n) is 10.2. The fraction of sp³-hybridized carbons (Fsp3) is 0.304. The highest BCUT2D eigenvalue weighted by Gasteiger charge is 2.13. The van der Waals surface area contributed by atoms with E-state index in [1.807, 2.05) is 61.5 Å². The molecule has 3 aromatic rings. The summed E-state index contributed by atoms with van der Waals surface area (Å²) in [5.41, 5.74) is 2.61. The van der Waals surface area contributed by atoms with Gasteiger partial charge in [0.25, 0.3) is 0 Å². The predicted molar refractivity (Wildman–Crippen MR) is 116 cm³/mol. The van der Waals surface area contributed by atoms with Crippen LogP contribution in [0.2, 0.25) is 0 Å². The molecule has 0 saturated carbocycles. The van der Waals surface area contributed by atoms with Crippen molar-refractivity contribution in [3.63, 3.8) is 0 Å². The Hall–Kier alpha value is -3.72. The van der Waals surface area contributed by atoms with Gasteiger partial charge in [-0.05, 0) is 55.5 Å². The lowest BCUT2D eigenvalue weighted by atomic mass is 10.1. The number of nitrogens with one attached hydrogen (secondary N) is 1. The van der Waals surface area contributed by atoms with E-state index in [1.165, 1.54) is 0 Å². The summed E-state index contributed by atoms with van der Waals surface area (Å²) in [7, 11) is 1.62. The summed E-state index contributed by atoms with van der Waals surface area (Å²) in [6.45, 7) is 3.81. The molecule has 170 valence electrons. The number of ether oxygens (including phenoxy) is 4. The van der Waals surface area contributed by atoms with E-state index in [9.17, 15) is 9.90 Å². The molecule has 1 aromatic heterocycles. The molecule has 0 unspecified atom stereocenters. The number of nitrogens with zero attached hydrogens (tertiary/aromatic N) is 2. The van der Waals surface area contributed by atoms with Crippen molar-refractivity contribution in [2.45, 2.75) is 6.92 Å². The smallest absolute Gasteiger partial charge is 0.233 e. The van der Waals surface area contributed by atoms with E-state index in [-0.39, 0.29) is 13.2 Å². The van der Waals surface area contributed by atoms with E-state index in [4.69, 9.17) is 18.9 Å². The predicted octanol–water partition coefficient (Wildman–Crippen LogP) is 2.27. The lowest BCUT2D eigenvalue weighted by Crippen LogP contribution is -2.38. The molecule has 1 heterocycles. The van der Waals surface area contributed by atoms with Crippen LogP contribution in [0.15, 0.2) is 54.6 Å². The average molecular weight is 440 g/mol. The number of aromatic nitrogens is 2. The third kappa shape index (κ3) is 6.39. The van der Waals surface area contributed by atoms with Crippen LogP contribution < -0.4 is 24.6 Å². The second-order valence-corrected chi connectivity index (χ2v) is 6.61. The fourth-order valence-electron chi connectivity index (χ4n) is 2.95. The molecule has 32 heavy (non-hydrogen) atoms. The maximum atomic E-state index is 10.4. The van der Waals surface area contributed by atoms with E-state index < -0.39 is 6.09 Å². The largest absolute Gasteiger partial charge is 0.530 e. The van der Waals surface area contributed by atoms with Gasteiger partial charge in [0.2, 0.25) is 5.88 Å². The van der Waals surface area contributed by atoms with Crippen molar-refractivity contribution in [2.75, 3.05) is 40.1 Å². The summed E-state index contributed by atoms with van der Waals surface area (Å²) in [5.74, 6) is 1.87. The van der Waals surface area contributed by atoms with E-state index in [0.29, 0.717) is 31.5 Å². The van der Waals surface area contributed by atoms with Crippen LogP contribution in [-0.4, -0.2) is 56.0 Å². The Morgan fingerprint density at radius 2 is 1.72 bits per heavy atom. The van der Waals surface area contributed by atoms with Crippen molar-refractivity contribution in [2.24, 2.45) is 0 Å². The molecule has 0 saturated heterocycles. The quantitative estimate of drug-likeness (QED) is 0.431. The maximum absolute atomic E-state index is 10.4. The molecule has 0 fully saturated rings. The van der Waals surface area contributed by atoms with Gasteiger partial charge in [-0.15, -0.1) is 5.10 Å². The van der Waals surface area contributed by atoms with Gasteiger partial charge < -0.3 is 34.2 Å². The Morgan fingerprint density at radius 3 is 2.38 bits per heavy atom. The first-order chi connectivity index (χ1) is 15.6. The molecule has 9 heteroatoms. The summed E-state index contributed by atoms with van der Waals surface area (Å²) in [4.78, 5) is 10.4. The third-order valence-corrected chi connectivity index (χ3v) is 4.48. The molecular formula is C23H26N3O6-. The molecule has 1 amide bonds. The molecule has 0 bridgehead atoms. The Balaban J connectivity index is 1.79. The fourth-order valence-corrected chi connectivity index (χ4v) is 2.95. The molecule has 3 rings (SSSR count). The van der Waals surface area contributed by atoms with Gasteiger partial charge in [-0.2, -0.15) is 0 Å². The zero-order valence-electron chi connectivity index (χ0n) is 18.1. The maximum Gasteiger partial charge on any atom is 0.233 e. The van der Waals surface area contributed by atoms with Crippen LogP contribution in [0.25, 0.3) is 16.9 Å². The number of methoxy groups -OCH3 is 1. The van der Waals surface area contributed by atoms with Crippen molar-refractivity contribution in [3.8, 4) is 34.3 Å². The summed E-state index contributed by atoms with van der Waals surface area (Å²) in [6.07, 6.45) is -1.32. The lowest BCUT2D eigenvalue weighted by molar-refractivity contribution is -0.250. The Bertz CT molecular complexity index is 986. The molecule has 0 aliphatic rings. The molecule has 0 atom stereocenters. The van der Waals surface area contributed by atoms with Gasteiger partial charge in [0.05, 0.1) is 31.6 Å². The van der Waals surface area contributed by atoms with Crippen LogP contribution in [-0.2, 0) is 4.74 Å². The normalized spacial score (nSPS) is 10.6. The SMILES string of the molecule is CCOCCOc1cc(-c2ccc(OCCNC(=O)[O-])cc2)n(-c2ccc(OC)cc2)n1. The molecule has 0 spiro atoms. The number of benzene rings is 2. The van der Waals surface area contributed by atoms with Crippen LogP contribution in [0.1, 0.15) is 6.92 Å². The van der Waals surface area contributed by atoms with Gasteiger partial charge in [-0.1, -0.05) is 0 Å². The molecule has 0 aliphatic carbocycles. The summed E-state index contributed by atoms with van der Waals surface area (Å²) < 4.78 is 23.7. The zero-order valence-corrected chi connectivity index (χ0v) is 18.1. The minimum Gasteiger partial charge on any atom is -0.530 e. The Kier molecular flexibility index (Phi) is 8.33. The Labute approximate surface area is 186 Å². The van der Waals surface area contributed by atoms with Crippen LogP contribution in [0, 0.1) is 0 Å². The molecule has 9 nitrogen and oxygen atoms in total. The van der Waals surface area contributed by atoms with Crippen molar-refractivity contribution >= 4 is 6.09 Å². The second-order valence-electron chi connectivity index (χ2n) is 6.61. The average Bonchev–Trinajstić information content (AvgIpc) is 3.24. The Morgan fingerprint density at radius 1 is 1.00 bits per heavy atom. The highest BCUT2D eigenvalue weighted by Crippen LogP contribution is 2.29. The van der Waals surface area contributed by atoms with Crippen molar-refractivity contribution in [1.29, 1.82) is 0 Å². The second kappa shape index (κ2) is 11.6. The molecular weight excluding hydrogens is 414 g/mol. The molecule has 1 N–H and O–H groups in total. The minimum absolute atomic E-state index is 0.150. The first kappa shape index (κ1) is 23.0. The minimum atomic E-state index is -1.32. The van der Waals surface area contributed by atoms with Crippen LogP contribution in [0.3, 0.4) is 0 Å². The highest BCUT2D eigenvalue weighted by atomic mass is 16.5. The molecule has 0 aliphatic heterocycles. The van der Waals surface area contributed by atoms with Gasteiger partial charge in [0.15, 0.2) is 0 Å². The standard InChI is InChI=1S/C23H27N3O6/c1-3-30-14-15-32-22-16-21(26(25-22)18-6-10-19(29-2)11-7-18)17-4-8-20(9-5-17)31-13-12-24-23(27)28/h4-11,16,24H,3,12-15H2,1-2H3,(H,27,28)/p-1. The van der Waals surface area contributed by atoms with Gasteiger partial charge in [-0.3, -0.25) is 0 Å². The molecule has 0 radical (unpaired) electrons. The number of carbonyl (C=O) groups is 1. The number of carbonyl (C=O) groups excluding carboxylic acids is 1. The van der Waals surface area contributed by atoms with Crippen LogP contribution >= 0.6 is 0 Å². The van der Waals surface area contributed by atoms with Crippen LogP contribution in [0.4, 0.5) is 4.79 Å². The van der Waals surface area contributed by atoms with Gasteiger partial charge in [0.1, 0.15) is 30.8 Å². The molecule has 2 aromatic carbocycles.